The van der Waals surface area contributed by atoms with E-state index in [0.29, 0.717) is 5.56 Å². The third-order valence-electron chi connectivity index (χ3n) is 1.67. The summed E-state index contributed by atoms with van der Waals surface area (Å²) in [6.45, 7) is 0. The number of rotatable bonds is 2. The van der Waals surface area contributed by atoms with Gasteiger partial charge in [0.05, 0.1) is 6.26 Å². The van der Waals surface area contributed by atoms with Crippen LogP contribution >= 0.6 is 113 Å². The largest absolute Gasteiger partial charge is 0.858 e. The SMILES string of the molecule is CS(=O)(=O)/N=C(\[O-])c1c(I)c(I)c(I)c(I)c1I. The van der Waals surface area contributed by atoms with Crippen molar-refractivity contribution in [1.29, 1.82) is 0 Å². The lowest BCUT2D eigenvalue weighted by atomic mass is 10.2. The molecule has 0 aromatic heterocycles. The van der Waals surface area contributed by atoms with Crippen LogP contribution in [-0.4, -0.2) is 20.6 Å². The second-order valence-corrected chi connectivity index (χ2v) is 10.1. The second-order valence-electron chi connectivity index (χ2n) is 3.07. The molecule has 0 aliphatic heterocycles. The van der Waals surface area contributed by atoms with Gasteiger partial charge in [0.15, 0.2) is 0 Å². The Balaban J connectivity index is 3.67. The summed E-state index contributed by atoms with van der Waals surface area (Å²) in [6, 6.07) is 0. The Kier molecular flexibility index (Phi) is 7.17. The van der Waals surface area contributed by atoms with Gasteiger partial charge in [0.25, 0.3) is 0 Å². The second kappa shape index (κ2) is 7.03. The summed E-state index contributed by atoms with van der Waals surface area (Å²) in [4.78, 5) is 0. The third-order valence-corrected chi connectivity index (χ3v) is 11.7. The summed E-state index contributed by atoms with van der Waals surface area (Å²) >= 11 is 10.6. The molecule has 0 amide bonds. The molecule has 0 atom stereocenters. The van der Waals surface area contributed by atoms with E-state index in [1.54, 1.807) is 0 Å². The molecule has 1 aromatic rings. The maximum absolute atomic E-state index is 12.0. The minimum Gasteiger partial charge on any atom is -0.858 e. The summed E-state index contributed by atoms with van der Waals surface area (Å²) in [5.74, 6) is -0.710. The van der Waals surface area contributed by atoms with Crippen LogP contribution in [0.1, 0.15) is 5.56 Å². The zero-order valence-electron chi connectivity index (χ0n) is 8.47. The average molecular weight is 828 g/mol. The fraction of sp³-hybridized carbons (Fsp3) is 0.125. The Labute approximate surface area is 173 Å². The molecule has 0 fully saturated rings. The van der Waals surface area contributed by atoms with Crippen molar-refractivity contribution in [2.45, 2.75) is 0 Å². The fourth-order valence-corrected chi connectivity index (χ4v) is 6.60. The van der Waals surface area contributed by atoms with E-state index < -0.39 is 15.9 Å². The Morgan fingerprint density at radius 3 is 1.61 bits per heavy atom. The molecule has 0 aliphatic carbocycles. The van der Waals surface area contributed by atoms with E-state index in [1.807, 2.05) is 45.2 Å². The first kappa shape index (κ1) is 18.3. The molecule has 0 heterocycles. The molecule has 0 saturated carbocycles. The van der Waals surface area contributed by atoms with E-state index in [2.05, 4.69) is 72.2 Å². The third kappa shape index (κ3) is 4.39. The first-order valence-electron chi connectivity index (χ1n) is 4.05. The Hall–Kier alpha value is 2.29. The van der Waals surface area contributed by atoms with Crippen LogP contribution in [0, 0.1) is 17.9 Å². The normalized spacial score (nSPS) is 12.9. The highest BCUT2D eigenvalue weighted by molar-refractivity contribution is 14.1. The minimum atomic E-state index is -3.68. The van der Waals surface area contributed by atoms with Crippen molar-refractivity contribution in [1.82, 2.24) is 0 Å². The number of hydrogen-bond acceptors (Lipinski definition) is 3. The summed E-state index contributed by atoms with van der Waals surface area (Å²) in [5, 5.41) is 12.0. The first-order valence-corrected chi connectivity index (χ1v) is 11.3. The minimum absolute atomic E-state index is 0.357. The van der Waals surface area contributed by atoms with Gasteiger partial charge in [-0.1, -0.05) is 0 Å². The van der Waals surface area contributed by atoms with E-state index in [1.165, 1.54) is 0 Å². The van der Waals surface area contributed by atoms with Gasteiger partial charge in [0, 0.05) is 29.3 Å². The van der Waals surface area contributed by atoms with Crippen molar-refractivity contribution in [3.63, 3.8) is 0 Å². The van der Waals surface area contributed by atoms with Crippen LogP contribution in [0.15, 0.2) is 4.40 Å². The van der Waals surface area contributed by atoms with Gasteiger partial charge in [-0.05, 0) is 113 Å². The Bertz CT molecular complexity index is 612. The van der Waals surface area contributed by atoms with Gasteiger partial charge >= 0.3 is 0 Å². The summed E-state index contributed by atoms with van der Waals surface area (Å²) in [7, 11) is -3.68. The van der Waals surface area contributed by atoms with Crippen molar-refractivity contribution in [3.05, 3.63) is 23.4 Å². The lowest BCUT2D eigenvalue weighted by molar-refractivity contribution is -0.212. The number of nitrogens with zero attached hydrogens (tertiary/aromatic N) is 1. The number of benzene rings is 1. The first-order chi connectivity index (χ1) is 8.06. The molecule has 1 rings (SSSR count). The van der Waals surface area contributed by atoms with E-state index in [-0.39, 0.29) is 0 Å². The van der Waals surface area contributed by atoms with Crippen LogP contribution < -0.4 is 5.11 Å². The monoisotopic (exact) mass is 828 g/mol. The molecule has 0 radical (unpaired) electrons. The van der Waals surface area contributed by atoms with Crippen LogP contribution in [0.25, 0.3) is 0 Å². The van der Waals surface area contributed by atoms with Crippen molar-refractivity contribution in [2.24, 2.45) is 4.40 Å². The quantitative estimate of drug-likeness (QED) is 0.152. The Morgan fingerprint density at radius 2 is 1.28 bits per heavy atom. The maximum atomic E-state index is 12.0. The van der Waals surface area contributed by atoms with Crippen LogP contribution in [0.5, 0.6) is 0 Å². The summed E-state index contributed by atoms with van der Waals surface area (Å²) in [5.41, 5.74) is 0.357. The van der Waals surface area contributed by atoms with Gasteiger partial charge in [-0.2, -0.15) is 4.40 Å². The van der Waals surface area contributed by atoms with Gasteiger partial charge in [0.1, 0.15) is 0 Å². The van der Waals surface area contributed by atoms with E-state index >= 15 is 0 Å². The van der Waals surface area contributed by atoms with Crippen molar-refractivity contribution in [3.8, 4) is 0 Å². The standard InChI is InChI=1S/C8H4I5NO3S/c1-18(16,17)14-8(15)2-3(9)5(11)7(13)6(12)4(2)10/h1H3,(H,14,15)/p-1. The van der Waals surface area contributed by atoms with E-state index in [4.69, 9.17) is 0 Å². The van der Waals surface area contributed by atoms with Crippen LogP contribution in [0.2, 0.25) is 0 Å². The van der Waals surface area contributed by atoms with Crippen LogP contribution in [0.4, 0.5) is 0 Å². The molecule has 0 bridgehead atoms. The molecule has 1 aromatic carbocycles. The van der Waals surface area contributed by atoms with E-state index in [9.17, 15) is 13.5 Å². The molecular formula is C8H3I5NO3S-. The molecule has 0 unspecified atom stereocenters. The topological polar surface area (TPSA) is 69.6 Å². The molecule has 0 aliphatic rings. The molecule has 0 spiro atoms. The summed E-state index contributed by atoms with van der Waals surface area (Å²) < 4.78 is 29.8. The van der Waals surface area contributed by atoms with Crippen molar-refractivity contribution >= 4 is 129 Å². The van der Waals surface area contributed by atoms with Crippen LogP contribution in [0.3, 0.4) is 0 Å². The number of hydrogen-bond donors (Lipinski definition) is 0. The van der Waals surface area contributed by atoms with Gasteiger partial charge < -0.3 is 5.11 Å². The fourth-order valence-electron chi connectivity index (χ4n) is 0.989. The molecule has 10 heteroatoms. The zero-order chi connectivity index (χ0) is 14.2. The Morgan fingerprint density at radius 1 is 0.944 bits per heavy atom. The molecule has 100 valence electrons. The highest BCUT2D eigenvalue weighted by Crippen LogP contribution is 2.33. The maximum Gasteiger partial charge on any atom is 0.249 e. The predicted molar refractivity (Wildman–Crippen MR) is 111 cm³/mol. The molecular weight excluding hydrogens is 825 g/mol. The number of halogens is 5. The predicted octanol–water partition coefficient (Wildman–Crippen LogP) is 2.78. The molecule has 18 heavy (non-hydrogen) atoms. The van der Waals surface area contributed by atoms with Crippen LogP contribution in [-0.2, 0) is 10.0 Å². The van der Waals surface area contributed by atoms with Gasteiger partial charge in [0.2, 0.25) is 10.0 Å². The van der Waals surface area contributed by atoms with Gasteiger partial charge in [-0.3, -0.25) is 0 Å². The van der Waals surface area contributed by atoms with Gasteiger partial charge in [-0.15, -0.1) is 0 Å². The van der Waals surface area contributed by atoms with Crippen molar-refractivity contribution in [2.75, 3.05) is 6.26 Å². The molecule has 0 N–H and O–H groups in total. The smallest absolute Gasteiger partial charge is 0.249 e. The molecule has 0 saturated heterocycles. The lowest BCUT2D eigenvalue weighted by Gasteiger charge is -2.18. The summed E-state index contributed by atoms with van der Waals surface area (Å²) in [6.07, 6.45) is 0.910. The highest BCUT2D eigenvalue weighted by atomic mass is 127. The average Bonchev–Trinajstić information content (AvgIpc) is 2.21. The lowest BCUT2D eigenvalue weighted by Crippen LogP contribution is -2.24. The highest BCUT2D eigenvalue weighted by Gasteiger charge is 2.18. The van der Waals surface area contributed by atoms with E-state index in [0.717, 1.165) is 24.1 Å². The number of sulfonamides is 1. The zero-order valence-corrected chi connectivity index (χ0v) is 20.1. The van der Waals surface area contributed by atoms with Crippen molar-refractivity contribution < 1.29 is 13.5 Å². The molecule has 4 nitrogen and oxygen atoms in total. The van der Waals surface area contributed by atoms with Gasteiger partial charge in [-0.25, -0.2) is 8.42 Å².